The standard InChI is InChI=1S/C18H20N2O4/c1-3-22-15-7-5-4-6-14(15)19-12(2)18(21)20-13-8-9-16-17(10-13)24-11-23-16/h4-10,12,19H,3,11H2,1-2H3,(H,20,21)/t12-/m1/s1. The number of carbonyl (C=O) groups excluding carboxylic acids is 1. The highest BCUT2D eigenvalue weighted by Crippen LogP contribution is 2.34. The van der Waals surface area contributed by atoms with E-state index in [9.17, 15) is 4.79 Å². The number of ether oxygens (including phenoxy) is 3. The molecule has 0 spiro atoms. The third kappa shape index (κ3) is 3.53. The Morgan fingerprint density at radius 3 is 2.83 bits per heavy atom. The quantitative estimate of drug-likeness (QED) is 0.852. The van der Waals surface area contributed by atoms with Crippen molar-refractivity contribution in [2.45, 2.75) is 19.9 Å². The molecule has 1 aliphatic heterocycles. The lowest BCUT2D eigenvalue weighted by atomic mass is 10.2. The van der Waals surface area contributed by atoms with E-state index in [1.54, 1.807) is 25.1 Å². The van der Waals surface area contributed by atoms with Crippen molar-refractivity contribution in [2.75, 3.05) is 24.0 Å². The molecule has 0 saturated heterocycles. The smallest absolute Gasteiger partial charge is 0.246 e. The van der Waals surface area contributed by atoms with E-state index in [-0.39, 0.29) is 12.7 Å². The minimum Gasteiger partial charge on any atom is -0.492 e. The monoisotopic (exact) mass is 328 g/mol. The molecule has 1 aliphatic rings. The van der Waals surface area contributed by atoms with Gasteiger partial charge < -0.3 is 24.8 Å². The zero-order chi connectivity index (χ0) is 16.9. The molecule has 3 rings (SSSR count). The minimum atomic E-state index is -0.433. The van der Waals surface area contributed by atoms with Crippen molar-refractivity contribution in [1.29, 1.82) is 0 Å². The van der Waals surface area contributed by atoms with E-state index in [2.05, 4.69) is 10.6 Å². The molecule has 1 amide bonds. The van der Waals surface area contributed by atoms with Crippen LogP contribution in [-0.4, -0.2) is 25.3 Å². The van der Waals surface area contributed by atoms with Gasteiger partial charge in [0, 0.05) is 11.8 Å². The van der Waals surface area contributed by atoms with Crippen molar-refractivity contribution in [2.24, 2.45) is 0 Å². The average Bonchev–Trinajstić information content (AvgIpc) is 3.04. The summed E-state index contributed by atoms with van der Waals surface area (Å²) in [5, 5.41) is 6.04. The van der Waals surface area contributed by atoms with Crippen LogP contribution in [-0.2, 0) is 4.79 Å². The Labute approximate surface area is 140 Å². The lowest BCUT2D eigenvalue weighted by Crippen LogP contribution is -2.32. The minimum absolute atomic E-state index is 0.153. The summed E-state index contributed by atoms with van der Waals surface area (Å²) in [6.07, 6.45) is 0. The van der Waals surface area contributed by atoms with Gasteiger partial charge in [-0.1, -0.05) is 12.1 Å². The molecule has 0 fully saturated rings. The first kappa shape index (κ1) is 16.0. The van der Waals surface area contributed by atoms with Gasteiger partial charge in [-0.2, -0.15) is 0 Å². The molecule has 0 radical (unpaired) electrons. The number of anilines is 2. The molecule has 2 N–H and O–H groups in total. The van der Waals surface area contributed by atoms with E-state index in [0.717, 1.165) is 11.4 Å². The number of benzene rings is 2. The summed E-state index contributed by atoms with van der Waals surface area (Å²) in [5.74, 6) is 1.89. The summed E-state index contributed by atoms with van der Waals surface area (Å²) in [5.41, 5.74) is 1.45. The molecular weight excluding hydrogens is 308 g/mol. The molecule has 1 heterocycles. The SMILES string of the molecule is CCOc1ccccc1N[C@H](C)C(=O)Nc1ccc2c(c1)OCO2. The Balaban J connectivity index is 1.65. The van der Waals surface area contributed by atoms with Gasteiger partial charge >= 0.3 is 0 Å². The van der Waals surface area contributed by atoms with Crippen LogP contribution in [0.2, 0.25) is 0 Å². The van der Waals surface area contributed by atoms with Crippen LogP contribution in [0.3, 0.4) is 0 Å². The number of carbonyl (C=O) groups is 1. The van der Waals surface area contributed by atoms with Crippen LogP contribution in [0.15, 0.2) is 42.5 Å². The van der Waals surface area contributed by atoms with Gasteiger partial charge in [-0.25, -0.2) is 0 Å². The number of para-hydroxylation sites is 2. The third-order valence-electron chi connectivity index (χ3n) is 3.59. The van der Waals surface area contributed by atoms with Crippen molar-refractivity contribution in [3.8, 4) is 17.2 Å². The molecule has 24 heavy (non-hydrogen) atoms. The number of fused-ring (bicyclic) bond motifs is 1. The van der Waals surface area contributed by atoms with E-state index >= 15 is 0 Å². The lowest BCUT2D eigenvalue weighted by molar-refractivity contribution is -0.116. The fraction of sp³-hybridized carbons (Fsp3) is 0.278. The predicted molar refractivity (Wildman–Crippen MR) is 91.9 cm³/mol. The highest BCUT2D eigenvalue weighted by molar-refractivity contribution is 5.96. The second-order valence-corrected chi connectivity index (χ2v) is 5.35. The van der Waals surface area contributed by atoms with Crippen molar-refractivity contribution in [1.82, 2.24) is 0 Å². The van der Waals surface area contributed by atoms with Gasteiger partial charge in [0.25, 0.3) is 0 Å². The Morgan fingerprint density at radius 2 is 2.00 bits per heavy atom. The van der Waals surface area contributed by atoms with Crippen LogP contribution in [0, 0.1) is 0 Å². The van der Waals surface area contributed by atoms with Crippen molar-refractivity contribution in [3.05, 3.63) is 42.5 Å². The number of rotatable bonds is 6. The molecule has 6 heteroatoms. The van der Waals surface area contributed by atoms with Gasteiger partial charge in [-0.15, -0.1) is 0 Å². The maximum Gasteiger partial charge on any atom is 0.246 e. The number of amides is 1. The topological polar surface area (TPSA) is 68.8 Å². The van der Waals surface area contributed by atoms with Crippen LogP contribution in [0.5, 0.6) is 17.2 Å². The molecule has 2 aromatic carbocycles. The summed E-state index contributed by atoms with van der Waals surface area (Å²) in [6, 6.07) is 12.4. The molecule has 0 unspecified atom stereocenters. The van der Waals surface area contributed by atoms with Gasteiger partial charge in [0.15, 0.2) is 11.5 Å². The van der Waals surface area contributed by atoms with E-state index in [1.807, 2.05) is 31.2 Å². The zero-order valence-electron chi connectivity index (χ0n) is 13.7. The van der Waals surface area contributed by atoms with Gasteiger partial charge in [0.1, 0.15) is 11.8 Å². The van der Waals surface area contributed by atoms with Crippen LogP contribution < -0.4 is 24.8 Å². The van der Waals surface area contributed by atoms with Crippen molar-refractivity contribution >= 4 is 17.3 Å². The fourth-order valence-electron chi connectivity index (χ4n) is 2.39. The third-order valence-corrected chi connectivity index (χ3v) is 3.59. The first-order valence-electron chi connectivity index (χ1n) is 7.86. The largest absolute Gasteiger partial charge is 0.492 e. The van der Waals surface area contributed by atoms with Crippen LogP contribution in [0.4, 0.5) is 11.4 Å². The van der Waals surface area contributed by atoms with Gasteiger partial charge in [-0.3, -0.25) is 4.79 Å². The molecule has 1 atom stereocenters. The van der Waals surface area contributed by atoms with Crippen LogP contribution in [0.1, 0.15) is 13.8 Å². The Morgan fingerprint density at radius 1 is 1.21 bits per heavy atom. The van der Waals surface area contributed by atoms with Crippen LogP contribution >= 0.6 is 0 Å². The van der Waals surface area contributed by atoms with Gasteiger partial charge in [0.2, 0.25) is 12.7 Å². The molecule has 2 aromatic rings. The molecule has 0 bridgehead atoms. The first-order chi connectivity index (χ1) is 11.7. The van der Waals surface area contributed by atoms with E-state index < -0.39 is 6.04 Å². The summed E-state index contributed by atoms with van der Waals surface area (Å²) in [7, 11) is 0. The normalized spacial score (nSPS) is 13.2. The highest BCUT2D eigenvalue weighted by Gasteiger charge is 2.17. The summed E-state index contributed by atoms with van der Waals surface area (Å²) in [4.78, 5) is 12.4. The molecule has 126 valence electrons. The lowest BCUT2D eigenvalue weighted by Gasteiger charge is -2.18. The van der Waals surface area contributed by atoms with Crippen molar-refractivity contribution in [3.63, 3.8) is 0 Å². The molecule has 0 aromatic heterocycles. The Bertz CT molecular complexity index is 733. The van der Waals surface area contributed by atoms with E-state index in [0.29, 0.717) is 23.8 Å². The van der Waals surface area contributed by atoms with Crippen molar-refractivity contribution < 1.29 is 19.0 Å². The van der Waals surface area contributed by atoms with Gasteiger partial charge in [0.05, 0.1) is 12.3 Å². The summed E-state index contributed by atoms with van der Waals surface area (Å²) < 4.78 is 16.1. The van der Waals surface area contributed by atoms with Gasteiger partial charge in [-0.05, 0) is 38.1 Å². The number of nitrogens with one attached hydrogen (secondary N) is 2. The first-order valence-corrected chi connectivity index (χ1v) is 7.86. The summed E-state index contributed by atoms with van der Waals surface area (Å²) in [6.45, 7) is 4.49. The molecule has 0 aliphatic carbocycles. The van der Waals surface area contributed by atoms with E-state index in [4.69, 9.17) is 14.2 Å². The average molecular weight is 328 g/mol. The number of hydrogen-bond acceptors (Lipinski definition) is 5. The fourth-order valence-corrected chi connectivity index (χ4v) is 2.39. The Hall–Kier alpha value is -2.89. The molecule has 0 saturated carbocycles. The van der Waals surface area contributed by atoms with E-state index in [1.165, 1.54) is 0 Å². The van der Waals surface area contributed by atoms with Crippen LogP contribution in [0.25, 0.3) is 0 Å². The maximum atomic E-state index is 12.4. The predicted octanol–water partition coefficient (Wildman–Crippen LogP) is 3.25. The summed E-state index contributed by atoms with van der Waals surface area (Å²) >= 11 is 0. The second-order valence-electron chi connectivity index (χ2n) is 5.35. The highest BCUT2D eigenvalue weighted by atomic mass is 16.7. The zero-order valence-corrected chi connectivity index (χ0v) is 13.7. The maximum absolute atomic E-state index is 12.4. The second kappa shape index (κ2) is 7.12. The Kier molecular flexibility index (Phi) is 4.74. The molecular formula is C18H20N2O4. The molecule has 6 nitrogen and oxygen atoms in total. The number of hydrogen-bond donors (Lipinski definition) is 2.